The highest BCUT2D eigenvalue weighted by Gasteiger charge is 2.13. The van der Waals surface area contributed by atoms with Crippen LogP contribution in [0.15, 0.2) is 48.5 Å². The quantitative estimate of drug-likeness (QED) is 0.663. The molecule has 0 saturated carbocycles. The Morgan fingerprint density at radius 3 is 1.19 bits per heavy atom. The summed E-state index contributed by atoms with van der Waals surface area (Å²) >= 11 is 0. The largest absolute Gasteiger partial charge is 0.369 e. The minimum atomic E-state index is -0.959. The van der Waals surface area contributed by atoms with Gasteiger partial charge in [0.25, 0.3) is 0 Å². The summed E-state index contributed by atoms with van der Waals surface area (Å²) in [5.41, 5.74) is 4.55. The van der Waals surface area contributed by atoms with E-state index in [1.54, 1.807) is 0 Å². The van der Waals surface area contributed by atoms with Gasteiger partial charge in [0.1, 0.15) is 0 Å². The molecule has 2 rings (SSSR count). The van der Waals surface area contributed by atoms with Gasteiger partial charge in [-0.2, -0.15) is 0 Å². The summed E-state index contributed by atoms with van der Waals surface area (Å²) in [4.78, 5) is 0. The zero-order chi connectivity index (χ0) is 19.4. The lowest BCUT2D eigenvalue weighted by atomic mass is 9.87. The van der Waals surface area contributed by atoms with E-state index in [0.29, 0.717) is 0 Å². The smallest absolute Gasteiger partial charge is 0.177 e. The van der Waals surface area contributed by atoms with Crippen LogP contribution in [0.2, 0.25) is 0 Å². The number of rotatable bonds is 0. The van der Waals surface area contributed by atoms with Crippen molar-refractivity contribution in [1.82, 2.24) is 0 Å². The van der Waals surface area contributed by atoms with Crippen molar-refractivity contribution < 1.29 is 5.11 Å². The van der Waals surface area contributed by atoms with Gasteiger partial charge in [-0.15, -0.1) is 0 Å². The van der Waals surface area contributed by atoms with Crippen molar-refractivity contribution in [3.8, 4) is 23.7 Å². The van der Waals surface area contributed by atoms with Gasteiger partial charge in [-0.25, -0.2) is 0 Å². The molecule has 0 spiro atoms. The second kappa shape index (κ2) is 7.82. The number of aliphatic hydroxyl groups excluding tert-OH is 1. The molecule has 0 saturated heterocycles. The van der Waals surface area contributed by atoms with Gasteiger partial charge in [0.05, 0.1) is 0 Å². The number of benzene rings is 2. The highest BCUT2D eigenvalue weighted by Crippen LogP contribution is 2.22. The maximum atomic E-state index is 9.99. The minimum Gasteiger partial charge on any atom is -0.369 e. The van der Waals surface area contributed by atoms with Gasteiger partial charge in [0.2, 0.25) is 0 Å². The van der Waals surface area contributed by atoms with Crippen LogP contribution >= 0.6 is 0 Å². The normalized spacial score (nSPS) is 11.4. The van der Waals surface area contributed by atoms with Crippen LogP contribution in [0, 0.1) is 23.7 Å². The molecule has 0 aliphatic carbocycles. The van der Waals surface area contributed by atoms with Crippen LogP contribution < -0.4 is 0 Å². The predicted molar refractivity (Wildman–Crippen MR) is 110 cm³/mol. The number of hydrogen-bond acceptors (Lipinski definition) is 1. The standard InChI is InChI=1S/C25H28O/c1-24(2,3)21-13-7-19(8-14-21)11-17-23(26)18-12-20-9-15-22(16-10-20)25(4,5)6/h7-10,13-16,23,26H,1-6H3. The van der Waals surface area contributed by atoms with E-state index < -0.39 is 6.10 Å². The molecule has 0 unspecified atom stereocenters. The zero-order valence-corrected chi connectivity index (χ0v) is 16.6. The van der Waals surface area contributed by atoms with Crippen molar-refractivity contribution in [2.24, 2.45) is 0 Å². The molecule has 0 amide bonds. The SMILES string of the molecule is CC(C)(C)c1ccc(C#CC(O)C#Cc2ccc(C(C)(C)C)cc2)cc1. The summed E-state index contributed by atoms with van der Waals surface area (Å²) in [7, 11) is 0. The van der Waals surface area contributed by atoms with Crippen molar-refractivity contribution >= 4 is 0 Å². The van der Waals surface area contributed by atoms with Crippen molar-refractivity contribution in [2.75, 3.05) is 0 Å². The number of hydrogen-bond donors (Lipinski definition) is 1. The Bertz CT molecular complexity index is 774. The fourth-order valence-corrected chi connectivity index (χ4v) is 2.45. The van der Waals surface area contributed by atoms with Crippen molar-refractivity contribution in [3.05, 3.63) is 70.8 Å². The van der Waals surface area contributed by atoms with Gasteiger partial charge in [-0.1, -0.05) is 89.5 Å². The van der Waals surface area contributed by atoms with Crippen LogP contribution in [0.3, 0.4) is 0 Å². The lowest BCUT2D eigenvalue weighted by Gasteiger charge is -2.18. The highest BCUT2D eigenvalue weighted by molar-refractivity contribution is 5.42. The minimum absolute atomic E-state index is 0.124. The summed E-state index contributed by atoms with van der Waals surface area (Å²) in [5, 5.41) is 9.99. The molecule has 2 aromatic carbocycles. The maximum absolute atomic E-state index is 9.99. The average molecular weight is 344 g/mol. The summed E-state index contributed by atoms with van der Waals surface area (Å²) in [6.07, 6.45) is -0.959. The first-order valence-electron chi connectivity index (χ1n) is 8.98. The molecular weight excluding hydrogens is 316 g/mol. The van der Waals surface area contributed by atoms with Crippen LogP contribution in [-0.4, -0.2) is 11.2 Å². The Morgan fingerprint density at radius 1 is 0.615 bits per heavy atom. The second-order valence-corrected chi connectivity index (χ2v) is 8.60. The molecule has 1 N–H and O–H groups in total. The second-order valence-electron chi connectivity index (χ2n) is 8.60. The van der Waals surface area contributed by atoms with Crippen molar-refractivity contribution in [3.63, 3.8) is 0 Å². The predicted octanol–water partition coefficient (Wildman–Crippen LogP) is 5.05. The van der Waals surface area contributed by atoms with Gasteiger partial charge in [0.15, 0.2) is 6.10 Å². The average Bonchev–Trinajstić information content (AvgIpc) is 2.57. The van der Waals surface area contributed by atoms with E-state index in [4.69, 9.17) is 0 Å². The summed E-state index contributed by atoms with van der Waals surface area (Å²) in [6, 6.07) is 16.3. The van der Waals surface area contributed by atoms with Gasteiger partial charge in [-0.3, -0.25) is 0 Å². The molecule has 1 nitrogen and oxygen atoms in total. The third-order valence-electron chi connectivity index (χ3n) is 4.21. The summed E-state index contributed by atoms with van der Waals surface area (Å²) in [6.45, 7) is 13.1. The Hall–Kier alpha value is -2.48. The van der Waals surface area contributed by atoms with Crippen molar-refractivity contribution in [1.29, 1.82) is 0 Å². The lowest BCUT2D eigenvalue weighted by molar-refractivity contribution is 0.289. The van der Waals surface area contributed by atoms with E-state index in [1.165, 1.54) is 11.1 Å². The first kappa shape index (κ1) is 19.8. The molecule has 0 aromatic heterocycles. The molecule has 0 heterocycles. The topological polar surface area (TPSA) is 20.2 Å². The van der Waals surface area contributed by atoms with Crippen LogP contribution in [0.25, 0.3) is 0 Å². The van der Waals surface area contributed by atoms with Crippen LogP contribution in [-0.2, 0) is 10.8 Å². The Labute approximate surface area is 158 Å². The molecule has 0 aliphatic heterocycles. The van der Waals surface area contributed by atoms with E-state index in [0.717, 1.165) is 11.1 Å². The number of aliphatic hydroxyl groups is 1. The Kier molecular flexibility index (Phi) is 5.97. The third kappa shape index (κ3) is 5.80. The maximum Gasteiger partial charge on any atom is 0.177 e. The molecule has 1 heteroatoms. The molecule has 0 fully saturated rings. The van der Waals surface area contributed by atoms with Gasteiger partial charge in [-0.05, 0) is 46.2 Å². The molecule has 2 aromatic rings. The van der Waals surface area contributed by atoms with Crippen LogP contribution in [0.1, 0.15) is 63.8 Å². The molecule has 134 valence electrons. The first-order chi connectivity index (χ1) is 12.1. The van der Waals surface area contributed by atoms with Gasteiger partial charge in [0, 0.05) is 11.1 Å². The third-order valence-corrected chi connectivity index (χ3v) is 4.21. The van der Waals surface area contributed by atoms with E-state index >= 15 is 0 Å². The van der Waals surface area contributed by atoms with Gasteiger partial charge >= 0.3 is 0 Å². The van der Waals surface area contributed by atoms with Crippen LogP contribution in [0.4, 0.5) is 0 Å². The van der Waals surface area contributed by atoms with E-state index in [-0.39, 0.29) is 10.8 Å². The molecule has 0 aliphatic rings. The monoisotopic (exact) mass is 344 g/mol. The fourth-order valence-electron chi connectivity index (χ4n) is 2.45. The molecule has 26 heavy (non-hydrogen) atoms. The molecule has 0 bridgehead atoms. The van der Waals surface area contributed by atoms with E-state index in [9.17, 15) is 5.11 Å². The van der Waals surface area contributed by atoms with Crippen molar-refractivity contribution in [2.45, 2.75) is 58.5 Å². The van der Waals surface area contributed by atoms with E-state index in [2.05, 4.69) is 89.5 Å². The Balaban J connectivity index is 2.05. The Morgan fingerprint density at radius 2 is 0.923 bits per heavy atom. The molecular formula is C25H28O. The summed E-state index contributed by atoms with van der Waals surface area (Å²) in [5.74, 6) is 11.6. The van der Waals surface area contributed by atoms with Crippen LogP contribution in [0.5, 0.6) is 0 Å². The zero-order valence-electron chi connectivity index (χ0n) is 16.6. The van der Waals surface area contributed by atoms with Gasteiger partial charge < -0.3 is 5.11 Å². The molecule has 0 atom stereocenters. The highest BCUT2D eigenvalue weighted by atomic mass is 16.3. The summed E-state index contributed by atoms with van der Waals surface area (Å²) < 4.78 is 0. The molecule has 0 radical (unpaired) electrons. The lowest BCUT2D eigenvalue weighted by Crippen LogP contribution is -2.10. The van der Waals surface area contributed by atoms with E-state index in [1.807, 2.05) is 24.3 Å². The first-order valence-corrected chi connectivity index (χ1v) is 8.98. The fraction of sp³-hybridized carbons (Fsp3) is 0.360.